The number of aryl methyl sites for hydroxylation is 1. The molecule has 0 bridgehead atoms. The van der Waals surface area contributed by atoms with Crippen molar-refractivity contribution in [1.29, 1.82) is 0 Å². The van der Waals surface area contributed by atoms with Gasteiger partial charge in [-0.25, -0.2) is 0 Å². The molecule has 1 aromatic carbocycles. The van der Waals surface area contributed by atoms with Crippen LogP contribution < -0.4 is 5.32 Å². The largest absolute Gasteiger partial charge is 0.307 e. The van der Waals surface area contributed by atoms with Crippen LogP contribution in [0.25, 0.3) is 11.1 Å². The van der Waals surface area contributed by atoms with E-state index in [9.17, 15) is 0 Å². The molecule has 1 nitrogen and oxygen atoms in total. The fourth-order valence-electron chi connectivity index (χ4n) is 2.39. The molecule has 0 spiro atoms. The van der Waals surface area contributed by atoms with Crippen molar-refractivity contribution >= 4 is 22.7 Å². The first-order chi connectivity index (χ1) is 10.4. The zero-order chi connectivity index (χ0) is 14.5. The molecule has 3 aromatic rings. The Morgan fingerprint density at radius 1 is 0.952 bits per heavy atom. The Kier molecular flexibility index (Phi) is 4.86. The van der Waals surface area contributed by atoms with Crippen LogP contribution >= 0.6 is 22.7 Å². The fraction of sp³-hybridized carbons (Fsp3) is 0.222. The number of rotatable bonds is 6. The number of hydrogen-bond acceptors (Lipinski definition) is 3. The van der Waals surface area contributed by atoms with E-state index in [1.807, 2.05) is 22.7 Å². The third kappa shape index (κ3) is 3.62. The minimum absolute atomic E-state index is 0.943. The minimum Gasteiger partial charge on any atom is -0.307 e. The van der Waals surface area contributed by atoms with Gasteiger partial charge in [0.05, 0.1) is 0 Å². The monoisotopic (exact) mass is 313 g/mol. The molecular formula is C18H19NS2. The van der Waals surface area contributed by atoms with Gasteiger partial charge in [0.1, 0.15) is 0 Å². The van der Waals surface area contributed by atoms with E-state index in [0.717, 1.165) is 19.5 Å². The summed E-state index contributed by atoms with van der Waals surface area (Å²) in [4.78, 5) is 2.86. The second kappa shape index (κ2) is 7.03. The summed E-state index contributed by atoms with van der Waals surface area (Å²) in [5.41, 5.74) is 4.10. The highest BCUT2D eigenvalue weighted by atomic mass is 32.1. The lowest BCUT2D eigenvalue weighted by Crippen LogP contribution is -2.11. The summed E-state index contributed by atoms with van der Waals surface area (Å²) in [7, 11) is 0. The Hall–Kier alpha value is -1.42. The lowest BCUT2D eigenvalue weighted by molar-refractivity contribution is 0.704. The van der Waals surface area contributed by atoms with Crippen molar-refractivity contribution in [2.24, 2.45) is 0 Å². The molecule has 0 atom stereocenters. The average molecular weight is 313 g/mol. The van der Waals surface area contributed by atoms with E-state index >= 15 is 0 Å². The molecule has 0 fully saturated rings. The molecule has 0 aliphatic heterocycles. The smallest absolute Gasteiger partial charge is 0.0305 e. The lowest BCUT2D eigenvalue weighted by atomic mass is 10.1. The van der Waals surface area contributed by atoms with Gasteiger partial charge in [-0.2, -0.15) is 0 Å². The van der Waals surface area contributed by atoms with Gasteiger partial charge in [-0.15, -0.1) is 22.7 Å². The fourth-order valence-corrected chi connectivity index (χ4v) is 4.20. The van der Waals surface area contributed by atoms with Crippen molar-refractivity contribution < 1.29 is 0 Å². The maximum absolute atomic E-state index is 3.56. The number of nitrogens with one attached hydrogen (secondary N) is 1. The highest BCUT2D eigenvalue weighted by molar-refractivity contribution is 7.10. The molecule has 0 radical (unpaired) electrons. The van der Waals surface area contributed by atoms with Crippen molar-refractivity contribution in [3.8, 4) is 11.1 Å². The van der Waals surface area contributed by atoms with E-state index in [0.29, 0.717) is 0 Å². The summed E-state index contributed by atoms with van der Waals surface area (Å²) in [5.74, 6) is 0. The van der Waals surface area contributed by atoms with Gasteiger partial charge in [0, 0.05) is 22.8 Å². The molecule has 0 aliphatic rings. The first-order valence-corrected chi connectivity index (χ1v) is 9.01. The third-order valence-corrected chi connectivity index (χ3v) is 5.46. The normalized spacial score (nSPS) is 10.9. The highest BCUT2D eigenvalue weighted by Gasteiger charge is 2.04. The van der Waals surface area contributed by atoms with Crippen LogP contribution in [-0.2, 0) is 19.5 Å². The molecule has 3 heteroatoms. The van der Waals surface area contributed by atoms with E-state index in [-0.39, 0.29) is 0 Å². The average Bonchev–Trinajstić information content (AvgIpc) is 3.17. The van der Waals surface area contributed by atoms with Crippen molar-refractivity contribution in [2.45, 2.75) is 26.4 Å². The van der Waals surface area contributed by atoms with Crippen molar-refractivity contribution in [2.75, 3.05) is 0 Å². The third-order valence-electron chi connectivity index (χ3n) is 3.56. The van der Waals surface area contributed by atoms with Crippen molar-refractivity contribution in [1.82, 2.24) is 5.32 Å². The Labute approximate surface area is 134 Å². The standard InChI is InChI=1S/C18H19NS2/c1-2-14-8-9-20-18(14)12-19-11-17-10-16(13-21-17)15-6-4-3-5-7-15/h3-10,13,19H,2,11-12H2,1H3. The summed E-state index contributed by atoms with van der Waals surface area (Å²) in [6.07, 6.45) is 1.12. The van der Waals surface area contributed by atoms with Gasteiger partial charge >= 0.3 is 0 Å². The van der Waals surface area contributed by atoms with Crippen molar-refractivity contribution in [3.05, 3.63) is 68.5 Å². The van der Waals surface area contributed by atoms with E-state index < -0.39 is 0 Å². The van der Waals surface area contributed by atoms with E-state index in [1.54, 1.807) is 0 Å². The SMILES string of the molecule is CCc1ccsc1CNCc1cc(-c2ccccc2)cs1. The molecule has 0 saturated carbocycles. The predicted octanol–water partition coefficient (Wildman–Crippen LogP) is 5.33. The predicted molar refractivity (Wildman–Crippen MR) is 94.0 cm³/mol. The van der Waals surface area contributed by atoms with Gasteiger partial charge in [-0.1, -0.05) is 37.3 Å². The highest BCUT2D eigenvalue weighted by Crippen LogP contribution is 2.25. The zero-order valence-electron chi connectivity index (χ0n) is 12.1. The molecule has 0 saturated heterocycles. The second-order valence-corrected chi connectivity index (χ2v) is 6.99. The minimum atomic E-state index is 0.943. The summed E-state index contributed by atoms with van der Waals surface area (Å²) < 4.78 is 0. The van der Waals surface area contributed by atoms with Gasteiger partial charge in [0.25, 0.3) is 0 Å². The molecule has 2 heterocycles. The van der Waals surface area contributed by atoms with Gasteiger partial charge in [0.15, 0.2) is 0 Å². The topological polar surface area (TPSA) is 12.0 Å². The van der Waals surface area contributed by atoms with Crippen LogP contribution in [0.4, 0.5) is 0 Å². The molecule has 2 aromatic heterocycles. The van der Waals surface area contributed by atoms with Gasteiger partial charge in [0.2, 0.25) is 0 Å². The molecule has 0 amide bonds. The molecule has 21 heavy (non-hydrogen) atoms. The molecule has 0 unspecified atom stereocenters. The summed E-state index contributed by atoms with van der Waals surface area (Å²) >= 11 is 3.68. The molecule has 108 valence electrons. The lowest BCUT2D eigenvalue weighted by Gasteiger charge is -2.03. The number of thiophene rings is 2. The Bertz CT molecular complexity index is 682. The quantitative estimate of drug-likeness (QED) is 0.648. The van der Waals surface area contributed by atoms with Crippen LogP contribution in [0.3, 0.4) is 0 Å². The Morgan fingerprint density at radius 3 is 2.62 bits per heavy atom. The Balaban J connectivity index is 1.58. The molecule has 3 rings (SSSR count). The van der Waals surface area contributed by atoms with Crippen LogP contribution in [0.15, 0.2) is 53.2 Å². The number of benzene rings is 1. The molecule has 1 N–H and O–H groups in total. The van der Waals surface area contributed by atoms with E-state index in [1.165, 1.54) is 26.4 Å². The van der Waals surface area contributed by atoms with Gasteiger partial charge < -0.3 is 5.32 Å². The summed E-state index contributed by atoms with van der Waals surface area (Å²) in [6, 6.07) is 15.1. The number of hydrogen-bond donors (Lipinski definition) is 1. The Morgan fingerprint density at radius 2 is 1.81 bits per heavy atom. The zero-order valence-corrected chi connectivity index (χ0v) is 13.8. The first kappa shape index (κ1) is 14.5. The van der Waals surface area contributed by atoms with Gasteiger partial charge in [-0.05, 0) is 46.0 Å². The second-order valence-electron chi connectivity index (χ2n) is 4.99. The van der Waals surface area contributed by atoms with Crippen molar-refractivity contribution in [3.63, 3.8) is 0 Å². The van der Waals surface area contributed by atoms with Crippen LogP contribution in [0.2, 0.25) is 0 Å². The van der Waals surface area contributed by atoms with Gasteiger partial charge in [-0.3, -0.25) is 0 Å². The van der Waals surface area contributed by atoms with Crippen LogP contribution in [0, 0.1) is 0 Å². The maximum atomic E-state index is 3.56. The van der Waals surface area contributed by atoms with Crippen LogP contribution in [0.5, 0.6) is 0 Å². The van der Waals surface area contributed by atoms with E-state index in [4.69, 9.17) is 0 Å². The maximum Gasteiger partial charge on any atom is 0.0305 e. The molecular weight excluding hydrogens is 294 g/mol. The van der Waals surface area contributed by atoms with Crippen LogP contribution in [0.1, 0.15) is 22.2 Å². The van der Waals surface area contributed by atoms with E-state index in [2.05, 4.69) is 65.5 Å². The first-order valence-electron chi connectivity index (χ1n) is 7.25. The van der Waals surface area contributed by atoms with Crippen LogP contribution in [-0.4, -0.2) is 0 Å². The summed E-state index contributed by atoms with van der Waals surface area (Å²) in [5, 5.41) is 8.00. The molecule has 0 aliphatic carbocycles. The summed E-state index contributed by atoms with van der Waals surface area (Å²) in [6.45, 7) is 4.13.